The number of hydrogen-bond acceptors (Lipinski definition) is 5. The zero-order chi connectivity index (χ0) is 21.3. The second-order valence-corrected chi connectivity index (χ2v) is 7.41. The number of aromatic hydroxyl groups is 2. The minimum atomic E-state index is -0.692. The van der Waals surface area contributed by atoms with E-state index in [1.165, 1.54) is 12.1 Å². The van der Waals surface area contributed by atoms with Gasteiger partial charge in [0.05, 0.1) is 24.2 Å². The van der Waals surface area contributed by atoms with Gasteiger partial charge in [-0.3, -0.25) is 9.59 Å². The van der Waals surface area contributed by atoms with E-state index in [0.29, 0.717) is 24.0 Å². The van der Waals surface area contributed by atoms with Crippen LogP contribution >= 0.6 is 0 Å². The van der Waals surface area contributed by atoms with Crippen molar-refractivity contribution in [3.63, 3.8) is 0 Å². The quantitative estimate of drug-likeness (QED) is 0.639. The van der Waals surface area contributed by atoms with Gasteiger partial charge in [0.2, 0.25) is 5.78 Å². The largest absolute Gasteiger partial charge is 0.507 e. The van der Waals surface area contributed by atoms with Crippen LogP contribution in [-0.4, -0.2) is 28.9 Å². The van der Waals surface area contributed by atoms with Gasteiger partial charge < -0.3 is 14.9 Å². The fraction of sp³-hybridized carbons (Fsp3) is 0.200. The highest BCUT2D eigenvalue weighted by Gasteiger charge is 2.37. The first-order valence-electron chi connectivity index (χ1n) is 9.85. The van der Waals surface area contributed by atoms with Crippen LogP contribution in [0.3, 0.4) is 0 Å². The van der Waals surface area contributed by atoms with E-state index in [1.54, 1.807) is 31.4 Å². The molecule has 0 saturated heterocycles. The van der Waals surface area contributed by atoms with E-state index in [2.05, 4.69) is 0 Å². The number of hydrogen-bond donors (Lipinski definition) is 2. The Balaban J connectivity index is 1.61. The summed E-state index contributed by atoms with van der Waals surface area (Å²) in [7, 11) is 1.62. The lowest BCUT2D eigenvalue weighted by Crippen LogP contribution is -2.25. The molecule has 5 heteroatoms. The molecule has 3 aromatic rings. The molecule has 0 bridgehead atoms. The van der Waals surface area contributed by atoms with Crippen molar-refractivity contribution in [3.05, 3.63) is 88.5 Å². The molecule has 0 unspecified atom stereocenters. The van der Waals surface area contributed by atoms with Gasteiger partial charge in [-0.2, -0.15) is 0 Å². The maximum atomic E-state index is 13.2. The number of rotatable bonds is 6. The molecule has 0 saturated carbocycles. The Morgan fingerprint density at radius 3 is 2.00 bits per heavy atom. The van der Waals surface area contributed by atoms with E-state index in [9.17, 15) is 19.8 Å². The number of ketones is 2. The van der Waals surface area contributed by atoms with Crippen LogP contribution < -0.4 is 4.74 Å². The highest BCUT2D eigenvalue weighted by Crippen LogP contribution is 2.43. The zero-order valence-corrected chi connectivity index (χ0v) is 16.6. The number of carbonyl (C=O) groups excluding carboxylic acids is 2. The number of ether oxygens (including phenoxy) is 1. The molecule has 3 aromatic carbocycles. The first-order chi connectivity index (χ1) is 14.5. The van der Waals surface area contributed by atoms with E-state index in [-0.39, 0.29) is 28.4 Å². The Hall–Kier alpha value is -3.60. The lowest BCUT2D eigenvalue weighted by Gasteiger charge is -2.27. The molecule has 0 fully saturated rings. The molecule has 0 radical (unpaired) electrons. The number of methoxy groups -OCH3 is 1. The van der Waals surface area contributed by atoms with Gasteiger partial charge in [-0.15, -0.1) is 0 Å². The van der Waals surface area contributed by atoms with Crippen LogP contribution in [0.1, 0.15) is 51.4 Å². The van der Waals surface area contributed by atoms with Crippen LogP contribution in [0.4, 0.5) is 0 Å². The molecule has 0 aromatic heterocycles. The van der Waals surface area contributed by atoms with Gasteiger partial charge in [-0.05, 0) is 53.8 Å². The molecule has 0 atom stereocenters. The van der Waals surface area contributed by atoms with Crippen molar-refractivity contribution in [2.24, 2.45) is 0 Å². The van der Waals surface area contributed by atoms with Crippen molar-refractivity contribution in [3.8, 4) is 17.2 Å². The fourth-order valence-electron chi connectivity index (χ4n) is 4.13. The van der Waals surface area contributed by atoms with Crippen LogP contribution in [0.5, 0.6) is 17.2 Å². The van der Waals surface area contributed by atoms with Gasteiger partial charge in [0.1, 0.15) is 23.0 Å². The average Bonchev–Trinajstić information content (AvgIpc) is 2.74. The molecule has 4 rings (SSSR count). The highest BCUT2D eigenvalue weighted by atomic mass is 16.5. The molecule has 1 aliphatic rings. The third-order valence-corrected chi connectivity index (χ3v) is 5.60. The third kappa shape index (κ3) is 3.43. The zero-order valence-electron chi connectivity index (χ0n) is 16.6. The predicted molar refractivity (Wildman–Crippen MR) is 112 cm³/mol. The van der Waals surface area contributed by atoms with Crippen molar-refractivity contribution in [2.45, 2.75) is 25.2 Å². The summed E-state index contributed by atoms with van der Waals surface area (Å²) in [5, 5.41) is 20.6. The van der Waals surface area contributed by atoms with Crippen LogP contribution in [0, 0.1) is 0 Å². The molecular weight excluding hydrogens is 380 g/mol. The molecule has 30 heavy (non-hydrogen) atoms. The summed E-state index contributed by atoms with van der Waals surface area (Å²) in [6.45, 7) is 0. The first kappa shape index (κ1) is 19.7. The van der Waals surface area contributed by atoms with E-state index >= 15 is 0 Å². The van der Waals surface area contributed by atoms with Gasteiger partial charge in [0.15, 0.2) is 0 Å². The standard InChI is InChI=1S/C25H22O5/c1-30-16-13-11-15(12-14-16)5-2-8-19(26)22-17-6-3-9-20(27)23(17)25(29)24-18(22)7-4-10-21(24)28/h3-4,6-7,9-14,22,27-28H,2,5,8H2,1H3. The maximum Gasteiger partial charge on any atom is 0.201 e. The smallest absolute Gasteiger partial charge is 0.201 e. The first-order valence-corrected chi connectivity index (χ1v) is 9.85. The predicted octanol–water partition coefficient (Wildman–Crippen LogP) is 4.37. The fourth-order valence-corrected chi connectivity index (χ4v) is 4.13. The Bertz CT molecular complexity index is 1060. The molecule has 0 heterocycles. The Labute approximate surface area is 174 Å². The van der Waals surface area contributed by atoms with Gasteiger partial charge in [-0.25, -0.2) is 0 Å². The van der Waals surface area contributed by atoms with Gasteiger partial charge in [-0.1, -0.05) is 36.4 Å². The molecule has 152 valence electrons. The van der Waals surface area contributed by atoms with E-state index in [1.807, 2.05) is 24.3 Å². The van der Waals surface area contributed by atoms with Crippen LogP contribution in [0.25, 0.3) is 0 Å². The summed E-state index contributed by atoms with van der Waals surface area (Å²) in [5.74, 6) is -0.768. The number of carbonyl (C=O) groups is 2. The summed E-state index contributed by atoms with van der Waals surface area (Å²) >= 11 is 0. The Morgan fingerprint density at radius 1 is 0.900 bits per heavy atom. The number of phenolic OH excluding ortho intramolecular Hbond substituents is 2. The van der Waals surface area contributed by atoms with Gasteiger partial charge in [0.25, 0.3) is 0 Å². The van der Waals surface area contributed by atoms with Crippen LogP contribution in [0.2, 0.25) is 0 Å². The number of benzene rings is 3. The lowest BCUT2D eigenvalue weighted by molar-refractivity contribution is -0.119. The van der Waals surface area contributed by atoms with Crippen LogP contribution in [-0.2, 0) is 11.2 Å². The molecule has 0 aliphatic heterocycles. The average molecular weight is 402 g/mol. The summed E-state index contributed by atoms with van der Waals surface area (Å²) in [4.78, 5) is 26.2. The topological polar surface area (TPSA) is 83.8 Å². The van der Waals surface area contributed by atoms with Crippen molar-refractivity contribution in [2.75, 3.05) is 7.11 Å². The minimum absolute atomic E-state index is 0.0466. The van der Waals surface area contributed by atoms with Crippen molar-refractivity contribution >= 4 is 11.6 Å². The van der Waals surface area contributed by atoms with Crippen molar-refractivity contribution in [1.82, 2.24) is 0 Å². The van der Waals surface area contributed by atoms with Crippen molar-refractivity contribution in [1.29, 1.82) is 0 Å². The molecular formula is C25H22O5. The second kappa shape index (κ2) is 8.03. The number of phenols is 2. The number of aryl methyl sites for hydroxylation is 1. The number of Topliss-reactive ketones (excluding diaryl/α,β-unsaturated/α-hetero) is 1. The highest BCUT2D eigenvalue weighted by molar-refractivity contribution is 6.18. The van der Waals surface area contributed by atoms with E-state index in [4.69, 9.17) is 4.74 Å². The summed E-state index contributed by atoms with van der Waals surface area (Å²) in [5.41, 5.74) is 2.29. The van der Waals surface area contributed by atoms with Crippen molar-refractivity contribution < 1.29 is 24.5 Å². The van der Waals surface area contributed by atoms with E-state index < -0.39 is 11.7 Å². The minimum Gasteiger partial charge on any atom is -0.507 e. The SMILES string of the molecule is COc1ccc(CCCC(=O)C2c3cccc(O)c3C(=O)c3c(O)cccc32)cc1. The second-order valence-electron chi connectivity index (χ2n) is 7.41. The van der Waals surface area contributed by atoms with Gasteiger partial charge >= 0.3 is 0 Å². The molecule has 1 aliphatic carbocycles. The normalized spacial score (nSPS) is 12.9. The molecule has 2 N–H and O–H groups in total. The lowest BCUT2D eigenvalue weighted by atomic mass is 9.74. The maximum absolute atomic E-state index is 13.2. The summed E-state index contributed by atoms with van der Waals surface area (Å²) in [6, 6.07) is 17.2. The molecule has 0 amide bonds. The molecule has 0 spiro atoms. The summed E-state index contributed by atoms with van der Waals surface area (Å²) < 4.78 is 5.16. The Morgan fingerprint density at radius 2 is 1.47 bits per heavy atom. The molecule has 5 nitrogen and oxygen atoms in total. The summed E-state index contributed by atoms with van der Waals surface area (Å²) in [6.07, 6.45) is 1.70. The van der Waals surface area contributed by atoms with Gasteiger partial charge in [0, 0.05) is 6.42 Å². The third-order valence-electron chi connectivity index (χ3n) is 5.60. The van der Waals surface area contributed by atoms with E-state index in [0.717, 1.165) is 17.7 Å². The Kier molecular flexibility index (Phi) is 5.27. The number of fused-ring (bicyclic) bond motifs is 2. The van der Waals surface area contributed by atoms with Crippen LogP contribution in [0.15, 0.2) is 60.7 Å². The monoisotopic (exact) mass is 402 g/mol.